The van der Waals surface area contributed by atoms with Crippen molar-refractivity contribution in [3.63, 3.8) is 0 Å². The number of hydrogen-bond donors (Lipinski definition) is 1. The fourth-order valence-electron chi connectivity index (χ4n) is 3.01. The average molecular weight is 470 g/mol. The molecule has 1 atom stereocenters. The maximum Gasteiger partial charge on any atom is 0.501 e. The highest BCUT2D eigenvalue weighted by molar-refractivity contribution is 7.92. The van der Waals surface area contributed by atoms with Crippen LogP contribution in [0.4, 0.5) is 24.5 Å². The van der Waals surface area contributed by atoms with Gasteiger partial charge in [-0.25, -0.2) is 13.4 Å². The molecule has 0 radical (unpaired) electrons. The summed E-state index contributed by atoms with van der Waals surface area (Å²) in [6, 6.07) is 7.97. The Labute approximate surface area is 180 Å². The van der Waals surface area contributed by atoms with Crippen LogP contribution in [-0.4, -0.2) is 35.5 Å². The van der Waals surface area contributed by atoms with Crippen molar-refractivity contribution < 1.29 is 31.2 Å². The molecule has 0 aliphatic rings. The third kappa shape index (κ3) is 4.37. The standard InChI is InChI=1S/C19H17F3N4O5S/c1-25-9-8-23-18(25)17(12-4-3-5-13(10-12)31-2)24-15-7-6-14(11-16(15)26(27)28)32(29,30)19(20,21)22/h3-11,17,24H,1-2H3/t17-/m0/s1. The second-order valence-electron chi connectivity index (χ2n) is 6.64. The first-order valence-electron chi connectivity index (χ1n) is 8.93. The number of nitro benzene ring substituents is 1. The van der Waals surface area contributed by atoms with E-state index in [0.717, 1.165) is 6.07 Å². The second-order valence-corrected chi connectivity index (χ2v) is 8.58. The summed E-state index contributed by atoms with van der Waals surface area (Å²) in [7, 11) is -2.59. The quantitative estimate of drug-likeness (QED) is 0.412. The summed E-state index contributed by atoms with van der Waals surface area (Å²) in [5, 5.41) is 14.5. The van der Waals surface area contributed by atoms with E-state index in [2.05, 4.69) is 10.3 Å². The van der Waals surface area contributed by atoms with Gasteiger partial charge in [-0.15, -0.1) is 0 Å². The van der Waals surface area contributed by atoms with Crippen molar-refractivity contribution in [3.05, 3.63) is 76.4 Å². The summed E-state index contributed by atoms with van der Waals surface area (Å²) >= 11 is 0. The highest BCUT2D eigenvalue weighted by atomic mass is 32.2. The Balaban J connectivity index is 2.12. The summed E-state index contributed by atoms with van der Waals surface area (Å²) in [4.78, 5) is 13.6. The number of methoxy groups -OCH3 is 1. The van der Waals surface area contributed by atoms with Gasteiger partial charge in [-0.05, 0) is 29.8 Å². The van der Waals surface area contributed by atoms with Gasteiger partial charge in [-0.1, -0.05) is 12.1 Å². The lowest BCUT2D eigenvalue weighted by Gasteiger charge is -2.21. The van der Waals surface area contributed by atoms with Gasteiger partial charge in [0.05, 0.1) is 16.9 Å². The van der Waals surface area contributed by atoms with E-state index in [0.29, 0.717) is 29.3 Å². The van der Waals surface area contributed by atoms with Gasteiger partial charge in [0, 0.05) is 25.5 Å². The van der Waals surface area contributed by atoms with Crippen LogP contribution in [0, 0.1) is 10.1 Å². The van der Waals surface area contributed by atoms with Gasteiger partial charge in [-0.2, -0.15) is 13.2 Å². The molecule has 32 heavy (non-hydrogen) atoms. The molecule has 170 valence electrons. The Bertz CT molecular complexity index is 1260. The first-order valence-corrected chi connectivity index (χ1v) is 10.4. The number of imidazole rings is 1. The number of alkyl halides is 3. The van der Waals surface area contributed by atoms with Crippen LogP contribution in [0.3, 0.4) is 0 Å². The summed E-state index contributed by atoms with van der Waals surface area (Å²) < 4.78 is 68.9. The molecule has 0 amide bonds. The van der Waals surface area contributed by atoms with Gasteiger partial charge in [-0.3, -0.25) is 10.1 Å². The van der Waals surface area contributed by atoms with Crippen molar-refractivity contribution in [2.24, 2.45) is 7.05 Å². The van der Waals surface area contributed by atoms with E-state index in [4.69, 9.17) is 4.74 Å². The molecule has 0 aliphatic heterocycles. The van der Waals surface area contributed by atoms with Crippen LogP contribution in [0.5, 0.6) is 5.75 Å². The first-order chi connectivity index (χ1) is 15.0. The van der Waals surface area contributed by atoms with Crippen LogP contribution in [0.15, 0.2) is 59.8 Å². The Morgan fingerprint density at radius 2 is 1.94 bits per heavy atom. The number of nitrogens with one attached hydrogen (secondary N) is 1. The molecule has 0 unspecified atom stereocenters. The first kappa shape index (κ1) is 23.1. The van der Waals surface area contributed by atoms with Gasteiger partial charge < -0.3 is 14.6 Å². The van der Waals surface area contributed by atoms with Crippen LogP contribution >= 0.6 is 0 Å². The van der Waals surface area contributed by atoms with Gasteiger partial charge in [0.1, 0.15) is 23.3 Å². The number of sulfone groups is 1. The van der Waals surface area contributed by atoms with E-state index >= 15 is 0 Å². The topological polar surface area (TPSA) is 116 Å². The molecule has 0 saturated heterocycles. The molecule has 0 saturated carbocycles. The van der Waals surface area contributed by atoms with E-state index in [-0.39, 0.29) is 5.69 Å². The van der Waals surface area contributed by atoms with Crippen LogP contribution in [0.1, 0.15) is 17.4 Å². The van der Waals surface area contributed by atoms with Crippen LogP contribution < -0.4 is 10.1 Å². The smallest absolute Gasteiger partial charge is 0.497 e. The predicted molar refractivity (Wildman–Crippen MR) is 108 cm³/mol. The molecule has 1 aromatic heterocycles. The molecule has 0 fully saturated rings. The van der Waals surface area contributed by atoms with E-state index in [1.165, 1.54) is 13.3 Å². The van der Waals surface area contributed by atoms with Crippen LogP contribution in [-0.2, 0) is 16.9 Å². The zero-order valence-electron chi connectivity index (χ0n) is 16.7. The summed E-state index contributed by atoms with van der Waals surface area (Å²) in [5.41, 5.74) is -6.02. The van der Waals surface area contributed by atoms with Gasteiger partial charge in [0.15, 0.2) is 0 Å². The summed E-state index contributed by atoms with van der Waals surface area (Å²) in [6.45, 7) is 0. The number of aromatic nitrogens is 2. The van der Waals surface area contributed by atoms with Gasteiger partial charge in [0.25, 0.3) is 15.5 Å². The number of rotatable bonds is 7. The Morgan fingerprint density at radius 3 is 2.50 bits per heavy atom. The minimum Gasteiger partial charge on any atom is -0.497 e. The van der Waals surface area contributed by atoms with Crippen molar-refractivity contribution >= 4 is 21.2 Å². The largest absolute Gasteiger partial charge is 0.501 e. The van der Waals surface area contributed by atoms with Crippen molar-refractivity contribution in [3.8, 4) is 5.75 Å². The summed E-state index contributed by atoms with van der Waals surface area (Å²) in [5.74, 6) is 0.948. The number of halogens is 3. The molecular formula is C19H17F3N4O5S. The maximum absolute atomic E-state index is 12.9. The lowest BCUT2D eigenvalue weighted by atomic mass is 10.0. The van der Waals surface area contributed by atoms with Crippen LogP contribution in [0.2, 0.25) is 0 Å². The molecule has 0 aliphatic carbocycles. The highest BCUT2D eigenvalue weighted by Gasteiger charge is 2.47. The Hall–Kier alpha value is -3.61. The van der Waals surface area contributed by atoms with Crippen molar-refractivity contribution in [2.75, 3.05) is 12.4 Å². The van der Waals surface area contributed by atoms with E-state index in [1.54, 1.807) is 42.1 Å². The van der Waals surface area contributed by atoms with Gasteiger partial charge >= 0.3 is 5.51 Å². The lowest BCUT2D eigenvalue weighted by Crippen LogP contribution is -2.23. The SMILES string of the molecule is COc1cccc([C@H](Nc2ccc(S(=O)(=O)C(F)(F)F)cc2[N+](=O)[O-])c2nccn2C)c1. The number of aryl methyl sites for hydroxylation is 1. The zero-order chi connectivity index (χ0) is 23.7. The molecule has 13 heteroatoms. The Morgan fingerprint density at radius 1 is 1.22 bits per heavy atom. The minimum absolute atomic E-state index is 0.188. The molecule has 1 N–H and O–H groups in total. The molecule has 0 bridgehead atoms. The number of anilines is 1. The predicted octanol–water partition coefficient (Wildman–Crippen LogP) is 3.83. The van der Waals surface area contributed by atoms with Gasteiger partial charge in [0.2, 0.25) is 0 Å². The maximum atomic E-state index is 12.9. The Kier molecular flexibility index (Phi) is 6.12. The van der Waals surface area contributed by atoms with Crippen molar-refractivity contribution in [2.45, 2.75) is 16.4 Å². The summed E-state index contributed by atoms with van der Waals surface area (Å²) in [6.07, 6.45) is 3.16. The molecular weight excluding hydrogens is 453 g/mol. The molecule has 0 spiro atoms. The fourth-order valence-corrected chi connectivity index (χ4v) is 3.80. The third-order valence-corrected chi connectivity index (χ3v) is 6.11. The second kappa shape index (κ2) is 8.49. The third-order valence-electron chi connectivity index (χ3n) is 4.62. The van der Waals surface area contributed by atoms with E-state index in [9.17, 15) is 31.7 Å². The number of nitro groups is 1. The highest BCUT2D eigenvalue weighted by Crippen LogP contribution is 2.37. The van der Waals surface area contributed by atoms with Crippen molar-refractivity contribution in [1.82, 2.24) is 9.55 Å². The fraction of sp³-hybridized carbons (Fsp3) is 0.211. The molecule has 9 nitrogen and oxygen atoms in total. The monoisotopic (exact) mass is 470 g/mol. The average Bonchev–Trinajstić information content (AvgIpc) is 3.16. The van der Waals surface area contributed by atoms with E-state index in [1.807, 2.05) is 0 Å². The number of benzene rings is 2. The normalized spacial score (nSPS) is 12.9. The number of nitrogens with zero attached hydrogens (tertiary/aromatic N) is 3. The minimum atomic E-state index is -5.75. The lowest BCUT2D eigenvalue weighted by molar-refractivity contribution is -0.384. The number of hydrogen-bond acceptors (Lipinski definition) is 7. The van der Waals surface area contributed by atoms with Crippen molar-refractivity contribution in [1.29, 1.82) is 0 Å². The zero-order valence-corrected chi connectivity index (χ0v) is 17.5. The van der Waals surface area contributed by atoms with Crippen LogP contribution in [0.25, 0.3) is 0 Å². The molecule has 1 heterocycles. The van der Waals surface area contributed by atoms with E-state index < -0.39 is 36.9 Å². The molecule has 2 aromatic carbocycles. The molecule has 3 rings (SSSR count). The number of ether oxygens (including phenoxy) is 1. The molecule has 3 aromatic rings.